The number of aliphatic carboxylic acids is 1. The largest absolute Gasteiger partial charge is 0.473 e. The minimum atomic E-state index is -1.94. The summed E-state index contributed by atoms with van der Waals surface area (Å²) in [5.74, 6) is -3.84. The lowest BCUT2D eigenvalue weighted by Gasteiger charge is -1.78. The number of halogens is 2. The standard InChI is InChI=1S/C2HFO4.FH/c3-7-2(6)1(4)5;/h(H,4,5);1H. The number of carboxylic acids is 1. The molecule has 0 aromatic rings. The first-order chi connectivity index (χ1) is 3.18. The van der Waals surface area contributed by atoms with Gasteiger partial charge in [-0.2, -0.15) is 0 Å². The van der Waals surface area contributed by atoms with Crippen LogP contribution in [-0.2, 0) is 14.5 Å². The van der Waals surface area contributed by atoms with E-state index in [0.717, 1.165) is 0 Å². The molecule has 0 aliphatic heterocycles. The number of carboxylic acid groups (broad SMARTS) is 1. The molecule has 0 aliphatic rings. The molecule has 0 bridgehead atoms. The summed E-state index contributed by atoms with van der Waals surface area (Å²) in [6, 6.07) is 0. The average molecular weight is 128 g/mol. The molecule has 0 fully saturated rings. The molecular weight excluding hydrogens is 126 g/mol. The van der Waals surface area contributed by atoms with Crippen molar-refractivity contribution >= 4 is 11.9 Å². The Bertz CT molecular complexity index is 100. The quantitative estimate of drug-likeness (QED) is 0.453. The predicted octanol–water partition coefficient (Wildman–Crippen LogP) is -0.349. The maximum atomic E-state index is 10.4. The fraction of sp³-hybridized carbons (Fsp3) is 0. The molecule has 8 heavy (non-hydrogen) atoms. The van der Waals surface area contributed by atoms with Gasteiger partial charge in [-0.05, 0) is 0 Å². The van der Waals surface area contributed by atoms with Gasteiger partial charge in [-0.1, -0.05) is 0 Å². The van der Waals surface area contributed by atoms with E-state index in [4.69, 9.17) is 5.11 Å². The Morgan fingerprint density at radius 3 is 1.88 bits per heavy atom. The molecule has 48 valence electrons. The Hall–Kier alpha value is -1.20. The lowest BCUT2D eigenvalue weighted by molar-refractivity contribution is -0.192. The van der Waals surface area contributed by atoms with Crippen LogP contribution in [-0.4, -0.2) is 17.0 Å². The van der Waals surface area contributed by atoms with Crippen molar-refractivity contribution in [2.75, 3.05) is 0 Å². The van der Waals surface area contributed by atoms with Crippen molar-refractivity contribution in [1.29, 1.82) is 0 Å². The Morgan fingerprint density at radius 2 is 1.88 bits per heavy atom. The van der Waals surface area contributed by atoms with E-state index in [9.17, 15) is 14.1 Å². The summed E-state index contributed by atoms with van der Waals surface area (Å²) in [6.45, 7) is 0. The first-order valence-corrected chi connectivity index (χ1v) is 1.24. The van der Waals surface area contributed by atoms with Gasteiger partial charge in [0.15, 0.2) is 0 Å². The van der Waals surface area contributed by atoms with Gasteiger partial charge in [0, 0.05) is 4.53 Å². The molecular formula is C2H2F2O4. The Balaban J connectivity index is 0. The van der Waals surface area contributed by atoms with E-state index in [1.54, 1.807) is 0 Å². The zero-order valence-electron chi connectivity index (χ0n) is 3.46. The van der Waals surface area contributed by atoms with E-state index in [2.05, 4.69) is 4.94 Å². The molecule has 0 saturated carbocycles. The second-order valence-electron chi connectivity index (χ2n) is 0.670. The van der Waals surface area contributed by atoms with Crippen molar-refractivity contribution in [2.24, 2.45) is 0 Å². The molecule has 1 N–H and O–H groups in total. The highest BCUT2D eigenvalue weighted by Gasteiger charge is 2.12. The molecule has 0 spiro atoms. The summed E-state index contributed by atoms with van der Waals surface area (Å²) >= 11 is 0. The van der Waals surface area contributed by atoms with Crippen LogP contribution in [0.5, 0.6) is 0 Å². The molecule has 0 rings (SSSR count). The zero-order valence-corrected chi connectivity index (χ0v) is 3.46. The first kappa shape index (κ1) is 9.93. The van der Waals surface area contributed by atoms with Gasteiger partial charge in [0.2, 0.25) is 0 Å². The maximum Gasteiger partial charge on any atom is 0.456 e. The van der Waals surface area contributed by atoms with E-state index in [1.807, 2.05) is 0 Å². The van der Waals surface area contributed by atoms with Gasteiger partial charge >= 0.3 is 11.9 Å². The zero-order chi connectivity index (χ0) is 5.86. The summed E-state index contributed by atoms with van der Waals surface area (Å²) in [6.07, 6.45) is 0. The third kappa shape index (κ3) is 3.01. The first-order valence-electron chi connectivity index (χ1n) is 1.24. The third-order valence-electron chi connectivity index (χ3n) is 0.245. The molecule has 0 unspecified atom stereocenters. The average Bonchev–Trinajstić information content (AvgIpc) is 1.65. The Kier molecular flexibility index (Phi) is 4.93. The fourth-order valence-corrected chi connectivity index (χ4v) is 0.0330. The lowest BCUT2D eigenvalue weighted by atomic mass is 10.7. The molecule has 0 aromatic heterocycles. The normalized spacial score (nSPS) is 6.62. The van der Waals surface area contributed by atoms with Crippen LogP contribution in [0.1, 0.15) is 0 Å². The van der Waals surface area contributed by atoms with Crippen molar-refractivity contribution in [3.05, 3.63) is 0 Å². The van der Waals surface area contributed by atoms with Crippen LogP contribution in [0.15, 0.2) is 0 Å². The van der Waals surface area contributed by atoms with Gasteiger partial charge in [0.05, 0.1) is 0 Å². The maximum absolute atomic E-state index is 10.4. The van der Waals surface area contributed by atoms with E-state index in [1.165, 1.54) is 0 Å². The van der Waals surface area contributed by atoms with Gasteiger partial charge < -0.3 is 5.11 Å². The topological polar surface area (TPSA) is 63.6 Å². The van der Waals surface area contributed by atoms with Crippen LogP contribution >= 0.6 is 0 Å². The molecule has 0 radical (unpaired) electrons. The van der Waals surface area contributed by atoms with Crippen LogP contribution in [0.2, 0.25) is 0 Å². The Morgan fingerprint density at radius 1 is 1.50 bits per heavy atom. The van der Waals surface area contributed by atoms with Crippen molar-refractivity contribution in [2.45, 2.75) is 0 Å². The van der Waals surface area contributed by atoms with E-state index >= 15 is 0 Å². The summed E-state index contributed by atoms with van der Waals surface area (Å²) in [4.78, 5) is 20.8. The summed E-state index contributed by atoms with van der Waals surface area (Å²) < 4.78 is 10.4. The highest BCUT2D eigenvalue weighted by molar-refractivity contribution is 6.28. The van der Waals surface area contributed by atoms with Crippen molar-refractivity contribution in [3.8, 4) is 0 Å². The number of hydrogen-bond donors (Lipinski definition) is 1. The highest BCUT2D eigenvalue weighted by atomic mass is 19.3. The predicted molar refractivity (Wildman–Crippen MR) is 17.3 cm³/mol. The molecule has 0 heterocycles. The van der Waals surface area contributed by atoms with Crippen molar-refractivity contribution in [3.63, 3.8) is 0 Å². The fourth-order valence-electron chi connectivity index (χ4n) is 0.0330. The van der Waals surface area contributed by atoms with Gasteiger partial charge in [-0.25, -0.2) is 14.5 Å². The molecule has 0 atom stereocenters. The minimum Gasteiger partial charge on any atom is -0.473 e. The molecule has 4 nitrogen and oxygen atoms in total. The highest BCUT2D eigenvalue weighted by Crippen LogP contribution is 1.74. The number of hydrogen-bond acceptors (Lipinski definition) is 3. The number of rotatable bonds is 0. The van der Waals surface area contributed by atoms with Crippen molar-refractivity contribution in [1.82, 2.24) is 0 Å². The monoisotopic (exact) mass is 128 g/mol. The summed E-state index contributed by atoms with van der Waals surface area (Å²) in [5, 5.41) is 7.47. The van der Waals surface area contributed by atoms with Gasteiger partial charge in [-0.3, -0.25) is 4.70 Å². The molecule has 0 saturated heterocycles. The van der Waals surface area contributed by atoms with E-state index < -0.39 is 11.9 Å². The molecule has 0 aliphatic carbocycles. The minimum absolute atomic E-state index is 0. The third-order valence-corrected chi connectivity index (χ3v) is 0.245. The molecule has 6 heteroatoms. The van der Waals surface area contributed by atoms with Crippen LogP contribution < -0.4 is 0 Å². The van der Waals surface area contributed by atoms with Gasteiger partial charge in [0.25, 0.3) is 0 Å². The Labute approximate surface area is 42.1 Å². The van der Waals surface area contributed by atoms with E-state index in [0.29, 0.717) is 0 Å². The van der Waals surface area contributed by atoms with Crippen molar-refractivity contribution < 1.29 is 28.9 Å². The van der Waals surface area contributed by atoms with E-state index in [-0.39, 0.29) is 4.70 Å². The van der Waals surface area contributed by atoms with Gasteiger partial charge in [-0.15, -0.1) is 0 Å². The second kappa shape index (κ2) is 3.97. The van der Waals surface area contributed by atoms with Crippen LogP contribution in [0.4, 0.5) is 9.23 Å². The molecule has 0 aromatic carbocycles. The lowest BCUT2D eigenvalue weighted by Crippen LogP contribution is -2.11. The number of carbonyl (C=O) groups is 2. The second-order valence-corrected chi connectivity index (χ2v) is 0.670. The SMILES string of the molecule is F.O=C(O)C(=O)OF. The number of carbonyl (C=O) groups excluding carboxylic acids is 1. The summed E-state index contributed by atoms with van der Waals surface area (Å²) in [7, 11) is 0. The molecule has 0 amide bonds. The smallest absolute Gasteiger partial charge is 0.456 e. The van der Waals surface area contributed by atoms with Crippen LogP contribution in [0.25, 0.3) is 0 Å². The van der Waals surface area contributed by atoms with Crippen LogP contribution in [0.3, 0.4) is 0 Å². The van der Waals surface area contributed by atoms with Crippen LogP contribution in [0, 0.1) is 0 Å². The van der Waals surface area contributed by atoms with Gasteiger partial charge in [0.1, 0.15) is 0 Å². The summed E-state index contributed by atoms with van der Waals surface area (Å²) in [5.41, 5.74) is 0.